The average molecular weight is 432 g/mol. The topological polar surface area (TPSA) is 121 Å². The third kappa shape index (κ3) is 7.80. The van der Waals surface area contributed by atoms with Crippen molar-refractivity contribution in [1.29, 1.82) is 5.41 Å². The Morgan fingerprint density at radius 1 is 1.23 bits per heavy atom. The van der Waals surface area contributed by atoms with Gasteiger partial charge in [-0.3, -0.25) is 5.41 Å². The first-order chi connectivity index (χ1) is 14.1. The number of hydrogen-bond acceptors (Lipinski definition) is 7. The molecule has 1 atom stereocenters. The second kappa shape index (κ2) is 10.7. The summed E-state index contributed by atoms with van der Waals surface area (Å²) in [6, 6.07) is 5.17. The summed E-state index contributed by atoms with van der Waals surface area (Å²) in [5, 5.41) is 7.16. The van der Waals surface area contributed by atoms with Crippen LogP contribution in [0.3, 0.4) is 0 Å². The molecule has 30 heavy (non-hydrogen) atoms. The molecule has 0 amide bonds. The van der Waals surface area contributed by atoms with Crippen molar-refractivity contribution >= 4 is 17.8 Å². The van der Waals surface area contributed by atoms with E-state index >= 15 is 0 Å². The Balaban J connectivity index is 1.74. The van der Waals surface area contributed by atoms with Crippen LogP contribution in [0.5, 0.6) is 11.5 Å². The van der Waals surface area contributed by atoms with Gasteiger partial charge in [-0.15, -0.1) is 0 Å². The van der Waals surface area contributed by atoms with Crippen LogP contribution in [0.25, 0.3) is 0 Å². The van der Waals surface area contributed by atoms with E-state index in [1.807, 2.05) is 6.07 Å². The highest BCUT2D eigenvalue weighted by Crippen LogP contribution is 2.31. The number of nitrogens with two attached hydrogens (primary N) is 1. The number of ether oxygens (including phenoxy) is 4. The van der Waals surface area contributed by atoms with Crippen molar-refractivity contribution in [1.82, 2.24) is 0 Å². The first-order valence-corrected chi connectivity index (χ1v) is 9.34. The van der Waals surface area contributed by atoms with Crippen LogP contribution >= 0.6 is 0 Å². The van der Waals surface area contributed by atoms with Gasteiger partial charge in [-0.25, -0.2) is 9.59 Å². The van der Waals surface area contributed by atoms with Gasteiger partial charge in [-0.05, 0) is 49.4 Å². The molecular weight excluding hydrogens is 409 g/mol. The maximum Gasteiger partial charge on any atom is 0.490 e. The lowest BCUT2D eigenvalue weighted by molar-refractivity contribution is -0.204. The third-order valence-electron chi connectivity index (χ3n) is 4.11. The van der Waals surface area contributed by atoms with Gasteiger partial charge in [0, 0.05) is 12.8 Å². The highest BCUT2D eigenvalue weighted by atomic mass is 19.4. The van der Waals surface area contributed by atoms with E-state index in [1.165, 1.54) is 0 Å². The predicted octanol–water partition coefficient (Wildman–Crippen LogP) is 2.86. The first-order valence-electron chi connectivity index (χ1n) is 9.34. The summed E-state index contributed by atoms with van der Waals surface area (Å²) in [6.07, 6.45) is -2.21. The zero-order valence-electron chi connectivity index (χ0n) is 16.1. The van der Waals surface area contributed by atoms with E-state index < -0.39 is 31.0 Å². The van der Waals surface area contributed by atoms with Gasteiger partial charge in [0.25, 0.3) is 0 Å². The molecule has 0 aliphatic carbocycles. The second-order valence-electron chi connectivity index (χ2n) is 6.60. The fourth-order valence-corrected chi connectivity index (χ4v) is 2.68. The summed E-state index contributed by atoms with van der Waals surface area (Å²) in [4.78, 5) is 22.2. The summed E-state index contributed by atoms with van der Waals surface area (Å²) in [5.74, 6) is -2.28. The molecule has 0 aromatic heterocycles. The van der Waals surface area contributed by atoms with Gasteiger partial charge in [-0.1, -0.05) is 0 Å². The number of hydrogen-bond donors (Lipinski definition) is 2. The van der Waals surface area contributed by atoms with Crippen molar-refractivity contribution in [2.24, 2.45) is 5.73 Å². The number of carbonyl (C=O) groups is 2. The standard InChI is InChI=1S/C19H23F3N2O6/c20-19(21,22)18(26)28-11-16(25)30-17-8-5-12-10-13(6-7-14(12)29-17)27-9-3-1-2-4-15(23)24/h6-7,10,17H,1-5,8-9,11H2,(H3,23,24). The molecule has 0 saturated heterocycles. The normalized spacial score (nSPS) is 15.5. The Kier molecular flexibility index (Phi) is 8.31. The number of aryl methyl sites for hydroxylation is 1. The Hall–Kier alpha value is -2.98. The second-order valence-corrected chi connectivity index (χ2v) is 6.60. The molecule has 0 radical (unpaired) electrons. The molecule has 2 rings (SSSR count). The number of esters is 2. The summed E-state index contributed by atoms with van der Waals surface area (Å²) in [7, 11) is 0. The molecule has 1 heterocycles. The molecule has 166 valence electrons. The monoisotopic (exact) mass is 432 g/mol. The lowest BCUT2D eigenvalue weighted by Gasteiger charge is -2.26. The van der Waals surface area contributed by atoms with Crippen molar-refractivity contribution in [3.05, 3.63) is 23.8 Å². The van der Waals surface area contributed by atoms with E-state index in [2.05, 4.69) is 4.74 Å². The molecule has 0 fully saturated rings. The highest BCUT2D eigenvalue weighted by Gasteiger charge is 2.41. The van der Waals surface area contributed by atoms with Gasteiger partial charge >= 0.3 is 18.1 Å². The van der Waals surface area contributed by atoms with Crippen LogP contribution in [-0.4, -0.2) is 43.5 Å². The Morgan fingerprint density at radius 2 is 2.00 bits per heavy atom. The number of benzene rings is 1. The fourth-order valence-electron chi connectivity index (χ4n) is 2.68. The van der Waals surface area contributed by atoms with Crippen molar-refractivity contribution in [2.45, 2.75) is 51.0 Å². The molecule has 3 N–H and O–H groups in total. The van der Waals surface area contributed by atoms with Crippen LogP contribution in [0, 0.1) is 5.41 Å². The quantitative estimate of drug-likeness (QED) is 0.252. The van der Waals surface area contributed by atoms with Crippen molar-refractivity contribution < 1.29 is 41.7 Å². The molecule has 1 aliphatic rings. The molecule has 0 bridgehead atoms. The molecule has 1 aromatic rings. The van der Waals surface area contributed by atoms with Gasteiger partial charge in [0.05, 0.1) is 12.4 Å². The van der Waals surface area contributed by atoms with Crippen molar-refractivity contribution in [3.8, 4) is 11.5 Å². The number of amidine groups is 1. The maximum atomic E-state index is 12.0. The van der Waals surface area contributed by atoms with Crippen LogP contribution in [-0.2, 0) is 25.5 Å². The van der Waals surface area contributed by atoms with E-state index in [9.17, 15) is 22.8 Å². The van der Waals surface area contributed by atoms with Crippen molar-refractivity contribution in [3.63, 3.8) is 0 Å². The molecule has 8 nitrogen and oxygen atoms in total. The molecule has 1 aromatic carbocycles. The Morgan fingerprint density at radius 3 is 2.70 bits per heavy atom. The Labute approximate surface area is 170 Å². The van der Waals surface area contributed by atoms with Gasteiger partial charge in [0.1, 0.15) is 11.5 Å². The largest absolute Gasteiger partial charge is 0.494 e. The van der Waals surface area contributed by atoms with Gasteiger partial charge in [-0.2, -0.15) is 13.2 Å². The number of halogens is 3. The van der Waals surface area contributed by atoms with Crippen LogP contribution in [0.15, 0.2) is 18.2 Å². The number of rotatable bonds is 10. The average Bonchev–Trinajstić information content (AvgIpc) is 2.67. The van der Waals surface area contributed by atoms with E-state index in [-0.39, 0.29) is 5.84 Å². The molecule has 11 heteroatoms. The van der Waals surface area contributed by atoms with Crippen LogP contribution in [0.1, 0.15) is 37.7 Å². The summed E-state index contributed by atoms with van der Waals surface area (Å²) in [5.41, 5.74) is 6.14. The minimum Gasteiger partial charge on any atom is -0.494 e. The highest BCUT2D eigenvalue weighted by molar-refractivity contribution is 5.79. The predicted molar refractivity (Wildman–Crippen MR) is 98.2 cm³/mol. The molecule has 1 unspecified atom stereocenters. The maximum absolute atomic E-state index is 12.0. The van der Waals surface area contributed by atoms with Crippen LogP contribution in [0.2, 0.25) is 0 Å². The fraction of sp³-hybridized carbons (Fsp3) is 0.526. The lowest BCUT2D eigenvalue weighted by atomic mass is 10.1. The third-order valence-corrected chi connectivity index (χ3v) is 4.11. The number of fused-ring (bicyclic) bond motifs is 1. The van der Waals surface area contributed by atoms with E-state index in [0.717, 1.165) is 24.8 Å². The van der Waals surface area contributed by atoms with Crippen LogP contribution < -0.4 is 15.2 Å². The number of unbranched alkanes of at least 4 members (excludes halogenated alkanes) is 2. The molecule has 0 spiro atoms. The van der Waals surface area contributed by atoms with E-state index in [0.29, 0.717) is 37.4 Å². The zero-order chi connectivity index (χ0) is 22.1. The summed E-state index contributed by atoms with van der Waals surface area (Å²) < 4.78 is 56.1. The Bertz CT molecular complexity index is 769. The van der Waals surface area contributed by atoms with Gasteiger partial charge < -0.3 is 24.7 Å². The smallest absolute Gasteiger partial charge is 0.490 e. The van der Waals surface area contributed by atoms with E-state index in [4.69, 9.17) is 25.4 Å². The number of nitrogens with one attached hydrogen (secondary N) is 1. The molecule has 1 aliphatic heterocycles. The number of alkyl halides is 3. The first kappa shape index (κ1) is 23.3. The molecule has 0 saturated carbocycles. The summed E-state index contributed by atoms with van der Waals surface area (Å²) in [6.45, 7) is -0.626. The minimum absolute atomic E-state index is 0.178. The lowest BCUT2D eigenvalue weighted by Crippen LogP contribution is -2.32. The minimum atomic E-state index is -5.17. The number of carbonyl (C=O) groups excluding carboxylic acids is 2. The molecular formula is C19H23F3N2O6. The van der Waals surface area contributed by atoms with E-state index in [1.54, 1.807) is 12.1 Å². The van der Waals surface area contributed by atoms with Gasteiger partial charge in [0.15, 0.2) is 6.61 Å². The summed E-state index contributed by atoms with van der Waals surface area (Å²) >= 11 is 0. The van der Waals surface area contributed by atoms with Gasteiger partial charge in [0.2, 0.25) is 6.29 Å². The zero-order valence-corrected chi connectivity index (χ0v) is 16.1. The van der Waals surface area contributed by atoms with Crippen molar-refractivity contribution in [2.75, 3.05) is 13.2 Å². The SMILES string of the molecule is N=C(N)CCCCCOc1ccc2c(c1)CCC(OC(=O)COC(=O)C(F)(F)F)O2. The van der Waals surface area contributed by atoms with Crippen LogP contribution in [0.4, 0.5) is 13.2 Å².